The fourth-order valence-corrected chi connectivity index (χ4v) is 5.87. The molecular formula is C37H43N7O6. The first-order valence-corrected chi connectivity index (χ1v) is 16.7. The summed E-state index contributed by atoms with van der Waals surface area (Å²) in [6, 6.07) is 21.1. The summed E-state index contributed by atoms with van der Waals surface area (Å²) in [7, 11) is 1.35. The lowest BCUT2D eigenvalue weighted by molar-refractivity contribution is -0.130. The highest BCUT2D eigenvalue weighted by Crippen LogP contribution is 2.29. The molecule has 262 valence electrons. The Morgan fingerprint density at radius 1 is 0.860 bits per heavy atom. The predicted molar refractivity (Wildman–Crippen MR) is 187 cm³/mol. The van der Waals surface area contributed by atoms with Gasteiger partial charge in [0.1, 0.15) is 11.6 Å². The van der Waals surface area contributed by atoms with E-state index in [0.717, 1.165) is 35.1 Å². The lowest BCUT2D eigenvalue weighted by atomic mass is 9.81. The summed E-state index contributed by atoms with van der Waals surface area (Å²) in [4.78, 5) is 51.2. The number of nitrogens with zero attached hydrogens (tertiary/aromatic N) is 3. The van der Waals surface area contributed by atoms with Crippen molar-refractivity contribution in [2.45, 2.75) is 64.5 Å². The zero-order valence-electron chi connectivity index (χ0n) is 28.7. The van der Waals surface area contributed by atoms with Gasteiger partial charge in [-0.2, -0.15) is 5.21 Å². The average molecular weight is 682 g/mol. The molecule has 0 aliphatic heterocycles. The molecule has 3 aromatic carbocycles. The number of carbonyl (C=O) groups excluding carboxylic acids is 4. The Bertz CT molecular complexity index is 1740. The minimum atomic E-state index is -0.837. The summed E-state index contributed by atoms with van der Waals surface area (Å²) in [6.45, 7) is 5.95. The van der Waals surface area contributed by atoms with E-state index in [1.807, 2.05) is 57.2 Å². The molecule has 0 radical (unpaired) electrons. The molecule has 50 heavy (non-hydrogen) atoms. The van der Waals surface area contributed by atoms with Crippen molar-refractivity contribution in [2.24, 2.45) is 11.8 Å². The molecule has 13 nitrogen and oxygen atoms in total. The molecule has 1 aliphatic carbocycles. The number of aromatic amines is 1. The topological polar surface area (TPSA) is 177 Å². The van der Waals surface area contributed by atoms with Crippen LogP contribution in [0.15, 0.2) is 72.8 Å². The molecule has 1 atom stereocenters. The van der Waals surface area contributed by atoms with Gasteiger partial charge < -0.3 is 25.4 Å². The normalized spacial score (nSPS) is 16.5. The number of carbonyl (C=O) groups is 4. The number of ether oxygens (including phenoxy) is 2. The largest absolute Gasteiger partial charge is 0.465 e. The number of anilines is 1. The van der Waals surface area contributed by atoms with Crippen molar-refractivity contribution in [1.82, 2.24) is 31.3 Å². The van der Waals surface area contributed by atoms with Gasteiger partial charge in [0.2, 0.25) is 17.6 Å². The Hall–Kier alpha value is -5.59. The van der Waals surface area contributed by atoms with Crippen LogP contribution in [-0.4, -0.2) is 69.8 Å². The molecule has 13 heteroatoms. The molecule has 5 rings (SSSR count). The number of amides is 3. The van der Waals surface area contributed by atoms with Crippen LogP contribution in [0.1, 0.15) is 62.4 Å². The maximum atomic E-state index is 13.7. The van der Waals surface area contributed by atoms with Crippen LogP contribution < -0.4 is 16.0 Å². The first-order valence-electron chi connectivity index (χ1n) is 16.7. The first kappa shape index (κ1) is 35.7. The second-order valence-electron chi connectivity index (χ2n) is 13.4. The van der Waals surface area contributed by atoms with Crippen LogP contribution in [0.25, 0.3) is 22.5 Å². The van der Waals surface area contributed by atoms with E-state index in [-0.39, 0.29) is 30.1 Å². The number of H-pyrrole nitrogens is 1. The summed E-state index contributed by atoms with van der Waals surface area (Å²) in [6.07, 6.45) is 2.69. The zero-order chi connectivity index (χ0) is 35.7. The second kappa shape index (κ2) is 16.2. The van der Waals surface area contributed by atoms with Crippen LogP contribution in [-0.2, 0) is 25.5 Å². The van der Waals surface area contributed by atoms with Crippen LogP contribution in [0.2, 0.25) is 0 Å². The molecule has 0 bridgehead atoms. The molecule has 4 aromatic rings. The van der Waals surface area contributed by atoms with Gasteiger partial charge in [0, 0.05) is 30.1 Å². The van der Waals surface area contributed by atoms with E-state index in [0.29, 0.717) is 36.5 Å². The Kier molecular flexibility index (Phi) is 11.6. The lowest BCUT2D eigenvalue weighted by Gasteiger charge is -2.29. The summed E-state index contributed by atoms with van der Waals surface area (Å²) in [5.41, 5.74) is 3.92. The van der Waals surface area contributed by atoms with Crippen LogP contribution in [0.5, 0.6) is 0 Å². The molecule has 0 spiro atoms. The van der Waals surface area contributed by atoms with E-state index < -0.39 is 23.7 Å². The van der Waals surface area contributed by atoms with Crippen molar-refractivity contribution in [3.8, 4) is 22.5 Å². The molecule has 1 saturated carbocycles. The van der Waals surface area contributed by atoms with Gasteiger partial charge in [-0.25, -0.2) is 9.59 Å². The number of hydrogen-bond acceptors (Lipinski definition) is 9. The van der Waals surface area contributed by atoms with Crippen molar-refractivity contribution in [1.29, 1.82) is 0 Å². The smallest absolute Gasteiger partial charge is 0.407 e. The number of tetrazole rings is 1. The summed E-state index contributed by atoms with van der Waals surface area (Å²) in [5.74, 6) is -0.471. The number of alkyl carbamates (subject to hydrolysis) is 1. The van der Waals surface area contributed by atoms with Gasteiger partial charge in [0.15, 0.2) is 0 Å². The monoisotopic (exact) mass is 681 g/mol. The summed E-state index contributed by atoms with van der Waals surface area (Å²) >= 11 is 0. The third kappa shape index (κ3) is 9.97. The van der Waals surface area contributed by atoms with Crippen LogP contribution >= 0.6 is 0 Å². The maximum absolute atomic E-state index is 13.7. The van der Waals surface area contributed by atoms with E-state index in [1.54, 1.807) is 36.4 Å². The van der Waals surface area contributed by atoms with E-state index >= 15 is 0 Å². The number of nitrogens with one attached hydrogen (secondary N) is 4. The van der Waals surface area contributed by atoms with Crippen molar-refractivity contribution in [3.05, 3.63) is 83.9 Å². The lowest BCUT2D eigenvalue weighted by Crippen LogP contribution is -2.48. The highest BCUT2D eigenvalue weighted by atomic mass is 16.6. The summed E-state index contributed by atoms with van der Waals surface area (Å²) < 4.78 is 10.1. The van der Waals surface area contributed by atoms with Gasteiger partial charge in [-0.15, -0.1) is 10.2 Å². The number of aromatic nitrogens is 4. The number of rotatable bonds is 11. The van der Waals surface area contributed by atoms with E-state index in [1.165, 1.54) is 7.11 Å². The van der Waals surface area contributed by atoms with Gasteiger partial charge in [0.05, 0.1) is 12.7 Å². The highest BCUT2D eigenvalue weighted by Gasteiger charge is 2.30. The predicted octanol–water partition coefficient (Wildman–Crippen LogP) is 5.32. The van der Waals surface area contributed by atoms with Gasteiger partial charge >= 0.3 is 12.1 Å². The zero-order valence-corrected chi connectivity index (χ0v) is 28.7. The molecule has 0 saturated heterocycles. The van der Waals surface area contributed by atoms with E-state index in [4.69, 9.17) is 9.47 Å². The number of esters is 1. The minimum absolute atomic E-state index is 0.168. The van der Waals surface area contributed by atoms with Gasteiger partial charge in [-0.3, -0.25) is 9.59 Å². The first-order chi connectivity index (χ1) is 24.0. The fraction of sp³-hybridized carbons (Fsp3) is 0.378. The Morgan fingerprint density at radius 2 is 1.48 bits per heavy atom. The molecular weight excluding hydrogens is 638 g/mol. The third-order valence-corrected chi connectivity index (χ3v) is 8.57. The number of methoxy groups -OCH3 is 1. The fourth-order valence-electron chi connectivity index (χ4n) is 5.87. The molecule has 0 unspecified atom stereocenters. The van der Waals surface area contributed by atoms with Gasteiger partial charge in [-0.1, -0.05) is 36.4 Å². The number of hydrogen-bond donors (Lipinski definition) is 4. The molecule has 4 N–H and O–H groups in total. The molecule has 1 fully saturated rings. The van der Waals surface area contributed by atoms with Crippen molar-refractivity contribution >= 4 is 29.6 Å². The SMILES string of the molecule is COC(=O)c1ccc(-c2ccc(C[C@H](NC(=O)C3CCC(CNC(=O)OC(C)(C)C)CC3)C(=O)Nc3ccc(-c4nn[nH]n4)cc3)cc2)cc1. The Balaban J connectivity index is 1.23. The van der Waals surface area contributed by atoms with E-state index in [9.17, 15) is 19.2 Å². The van der Waals surface area contributed by atoms with Crippen LogP contribution in [0, 0.1) is 11.8 Å². The van der Waals surface area contributed by atoms with Gasteiger partial charge in [-0.05, 0) is 111 Å². The Morgan fingerprint density at radius 3 is 2.06 bits per heavy atom. The molecule has 3 amide bonds. The molecule has 1 heterocycles. The molecule has 1 aliphatic rings. The van der Waals surface area contributed by atoms with Crippen molar-refractivity contribution in [2.75, 3.05) is 19.0 Å². The van der Waals surface area contributed by atoms with Crippen LogP contribution in [0.3, 0.4) is 0 Å². The highest BCUT2D eigenvalue weighted by molar-refractivity contribution is 5.98. The van der Waals surface area contributed by atoms with Crippen molar-refractivity contribution < 1.29 is 28.7 Å². The van der Waals surface area contributed by atoms with Crippen LogP contribution in [0.4, 0.5) is 10.5 Å². The Labute approximate surface area is 290 Å². The third-order valence-electron chi connectivity index (χ3n) is 8.57. The van der Waals surface area contributed by atoms with E-state index in [2.05, 4.69) is 36.6 Å². The quantitative estimate of drug-likeness (QED) is 0.153. The average Bonchev–Trinajstić information content (AvgIpc) is 3.66. The van der Waals surface area contributed by atoms with Crippen molar-refractivity contribution in [3.63, 3.8) is 0 Å². The second-order valence-corrected chi connectivity index (χ2v) is 13.4. The summed E-state index contributed by atoms with van der Waals surface area (Å²) in [5, 5.41) is 22.8. The molecule has 1 aromatic heterocycles. The number of benzene rings is 3. The minimum Gasteiger partial charge on any atom is -0.465 e. The van der Waals surface area contributed by atoms with Gasteiger partial charge in [0.25, 0.3) is 0 Å². The maximum Gasteiger partial charge on any atom is 0.407 e. The standard InChI is InChI=1S/C37H43N7O6/c1-37(2,3)50-36(48)38-22-24-7-11-28(12-8-24)33(45)40-31(34(46)39-30-19-17-27(18-20-30)32-41-43-44-42-32)21-23-5-9-25(10-6-23)26-13-15-29(16-14-26)35(47)49-4/h5-6,9-10,13-20,24,28,31H,7-8,11-12,21-22H2,1-4H3,(H,38,48)(H,39,46)(H,40,45)(H,41,42,43,44)/t24?,28?,31-/m0/s1.